The average molecular weight is 302 g/mol. The number of hydrogen-bond acceptors (Lipinski definition) is 2. The summed E-state index contributed by atoms with van der Waals surface area (Å²) in [6.07, 6.45) is 0. The molecule has 1 unspecified atom stereocenters. The molecule has 0 saturated heterocycles. The fourth-order valence-corrected chi connectivity index (χ4v) is 2.30. The van der Waals surface area contributed by atoms with Gasteiger partial charge in [-0.25, -0.2) is 0 Å². The predicted molar refractivity (Wildman–Crippen MR) is 76.8 cm³/mol. The average Bonchev–Trinajstić information content (AvgIpc) is 2.82. The van der Waals surface area contributed by atoms with Gasteiger partial charge in [-0.2, -0.15) is 0 Å². The highest BCUT2D eigenvalue weighted by Crippen LogP contribution is 2.30. The van der Waals surface area contributed by atoms with Crippen LogP contribution in [0.2, 0.25) is 0 Å². The Hall–Kier alpha value is -1.61. The molecule has 3 aromatic rings. The van der Waals surface area contributed by atoms with Gasteiger partial charge in [-0.3, -0.25) is 0 Å². The van der Waals surface area contributed by atoms with Crippen LogP contribution >= 0.6 is 15.9 Å². The number of halogens is 1. The maximum atomic E-state index is 5.44. The van der Waals surface area contributed by atoms with Crippen molar-refractivity contribution in [2.75, 3.05) is 0 Å². The Balaban J connectivity index is 2.09. The summed E-state index contributed by atoms with van der Waals surface area (Å²) in [5.41, 5.74) is 3.20. The minimum absolute atomic E-state index is 0.359. The molecule has 1 aromatic heterocycles. The van der Waals surface area contributed by atoms with Crippen molar-refractivity contribution in [2.45, 2.75) is 11.8 Å². The summed E-state index contributed by atoms with van der Waals surface area (Å²) in [6.45, 7) is 2.11. The molecule has 1 atom stereocenters. The van der Waals surface area contributed by atoms with Crippen molar-refractivity contribution < 1.29 is 4.52 Å². The van der Waals surface area contributed by atoms with Crippen molar-refractivity contribution >= 4 is 26.8 Å². The van der Waals surface area contributed by atoms with Crippen molar-refractivity contribution in [2.24, 2.45) is 0 Å². The molecule has 0 radical (unpaired) electrons. The smallest absolute Gasteiger partial charge is 0.174 e. The number of fused-ring (bicyclic) bond motifs is 1. The van der Waals surface area contributed by atoms with Crippen molar-refractivity contribution in [3.8, 4) is 11.3 Å². The van der Waals surface area contributed by atoms with Gasteiger partial charge in [0.15, 0.2) is 5.76 Å². The molecule has 0 bridgehead atoms. The lowest BCUT2D eigenvalue weighted by Gasteiger charge is -2.04. The van der Waals surface area contributed by atoms with Crippen LogP contribution in [0.5, 0.6) is 0 Å². The Labute approximate surface area is 114 Å². The van der Waals surface area contributed by atoms with Gasteiger partial charge in [0.25, 0.3) is 0 Å². The summed E-state index contributed by atoms with van der Waals surface area (Å²) in [5, 5.41) is 5.12. The summed E-state index contributed by atoms with van der Waals surface area (Å²) < 4.78 is 5.44. The number of nitrogens with zero attached hydrogens (tertiary/aromatic N) is 1. The molecule has 0 fully saturated rings. The molecule has 0 aliphatic heterocycles. The van der Waals surface area contributed by atoms with E-state index < -0.39 is 0 Å². The molecule has 90 valence electrons. The molecule has 3 heteroatoms. The standard InChI is InChI=1S/C15H12BrNO/c1-10(16)11-6-8-12(9-7-11)15-13-4-2-3-5-14(13)17-18-15/h2-10H,1H3. The lowest BCUT2D eigenvalue weighted by atomic mass is 10.1. The third kappa shape index (κ3) is 1.95. The molecule has 0 amide bonds. The van der Waals surface area contributed by atoms with E-state index in [1.54, 1.807) is 0 Å². The lowest BCUT2D eigenvalue weighted by molar-refractivity contribution is 0.441. The minimum Gasteiger partial charge on any atom is -0.355 e. The first-order valence-electron chi connectivity index (χ1n) is 5.84. The van der Waals surface area contributed by atoms with Crippen LogP contribution in [0.15, 0.2) is 53.1 Å². The fourth-order valence-electron chi connectivity index (χ4n) is 2.00. The van der Waals surface area contributed by atoms with E-state index in [2.05, 4.69) is 52.3 Å². The minimum atomic E-state index is 0.359. The summed E-state index contributed by atoms with van der Waals surface area (Å²) in [4.78, 5) is 0.359. The van der Waals surface area contributed by atoms with Gasteiger partial charge in [-0.15, -0.1) is 0 Å². The van der Waals surface area contributed by atoms with Gasteiger partial charge in [0.2, 0.25) is 0 Å². The van der Waals surface area contributed by atoms with Crippen LogP contribution in [0.4, 0.5) is 0 Å². The Kier molecular flexibility index (Phi) is 2.92. The topological polar surface area (TPSA) is 26.0 Å². The molecular weight excluding hydrogens is 290 g/mol. The zero-order valence-electron chi connectivity index (χ0n) is 9.93. The highest BCUT2D eigenvalue weighted by molar-refractivity contribution is 9.09. The van der Waals surface area contributed by atoms with Crippen LogP contribution in [-0.4, -0.2) is 5.16 Å². The molecule has 18 heavy (non-hydrogen) atoms. The van der Waals surface area contributed by atoms with E-state index in [1.807, 2.05) is 24.3 Å². The van der Waals surface area contributed by atoms with Crippen LogP contribution in [0.1, 0.15) is 17.3 Å². The molecule has 0 aliphatic rings. The molecule has 2 nitrogen and oxygen atoms in total. The number of hydrogen-bond donors (Lipinski definition) is 0. The van der Waals surface area contributed by atoms with Crippen molar-refractivity contribution in [1.29, 1.82) is 0 Å². The Morgan fingerprint density at radius 3 is 2.50 bits per heavy atom. The SMILES string of the molecule is CC(Br)c1ccc(-c2onc3ccccc23)cc1. The first-order valence-corrected chi connectivity index (χ1v) is 6.76. The third-order valence-corrected chi connectivity index (χ3v) is 3.54. The maximum absolute atomic E-state index is 5.44. The monoisotopic (exact) mass is 301 g/mol. The summed E-state index contributed by atoms with van der Waals surface area (Å²) >= 11 is 3.56. The maximum Gasteiger partial charge on any atom is 0.174 e. The van der Waals surface area contributed by atoms with Gasteiger partial charge in [-0.1, -0.05) is 57.5 Å². The molecule has 2 aromatic carbocycles. The van der Waals surface area contributed by atoms with Gasteiger partial charge < -0.3 is 4.52 Å². The first kappa shape index (κ1) is 11.5. The van der Waals surface area contributed by atoms with Crippen molar-refractivity contribution in [3.63, 3.8) is 0 Å². The number of aromatic nitrogens is 1. The second-order valence-electron chi connectivity index (χ2n) is 4.27. The summed E-state index contributed by atoms with van der Waals surface area (Å²) in [7, 11) is 0. The van der Waals surface area contributed by atoms with Crippen LogP contribution in [0, 0.1) is 0 Å². The van der Waals surface area contributed by atoms with Crippen LogP contribution in [-0.2, 0) is 0 Å². The highest BCUT2D eigenvalue weighted by atomic mass is 79.9. The van der Waals surface area contributed by atoms with Crippen LogP contribution in [0.3, 0.4) is 0 Å². The largest absolute Gasteiger partial charge is 0.355 e. The zero-order chi connectivity index (χ0) is 12.5. The van der Waals surface area contributed by atoms with E-state index in [0.717, 1.165) is 22.2 Å². The van der Waals surface area contributed by atoms with Gasteiger partial charge in [0, 0.05) is 15.8 Å². The summed E-state index contributed by atoms with van der Waals surface area (Å²) in [6, 6.07) is 16.3. The molecule has 0 saturated carbocycles. The Bertz CT molecular complexity index is 670. The van der Waals surface area contributed by atoms with E-state index in [1.165, 1.54) is 5.56 Å². The lowest BCUT2D eigenvalue weighted by Crippen LogP contribution is -1.83. The number of alkyl halides is 1. The number of rotatable bonds is 2. The zero-order valence-corrected chi connectivity index (χ0v) is 11.5. The van der Waals surface area contributed by atoms with Crippen molar-refractivity contribution in [1.82, 2.24) is 5.16 Å². The van der Waals surface area contributed by atoms with E-state index in [0.29, 0.717) is 4.83 Å². The summed E-state index contributed by atoms with van der Waals surface area (Å²) in [5.74, 6) is 0.833. The quantitative estimate of drug-likeness (QED) is 0.626. The predicted octanol–water partition coefficient (Wildman–Crippen LogP) is 4.95. The molecular formula is C15H12BrNO. The Morgan fingerprint density at radius 2 is 1.78 bits per heavy atom. The van der Waals surface area contributed by atoms with E-state index in [-0.39, 0.29) is 0 Å². The second-order valence-corrected chi connectivity index (χ2v) is 5.64. The van der Waals surface area contributed by atoms with Gasteiger partial charge in [0.1, 0.15) is 5.52 Å². The molecule has 0 N–H and O–H groups in total. The van der Waals surface area contributed by atoms with E-state index in [4.69, 9.17) is 4.52 Å². The normalized spacial score (nSPS) is 12.8. The van der Waals surface area contributed by atoms with Crippen LogP contribution in [0.25, 0.3) is 22.2 Å². The van der Waals surface area contributed by atoms with Gasteiger partial charge >= 0.3 is 0 Å². The third-order valence-electron chi connectivity index (χ3n) is 3.02. The molecule has 1 heterocycles. The molecule has 0 aliphatic carbocycles. The first-order chi connectivity index (χ1) is 8.75. The Morgan fingerprint density at radius 1 is 1.06 bits per heavy atom. The van der Waals surface area contributed by atoms with Gasteiger partial charge in [-0.05, 0) is 24.6 Å². The van der Waals surface area contributed by atoms with Crippen molar-refractivity contribution in [3.05, 3.63) is 54.1 Å². The highest BCUT2D eigenvalue weighted by Gasteiger charge is 2.10. The molecule has 0 spiro atoms. The van der Waals surface area contributed by atoms with Crippen LogP contribution < -0.4 is 0 Å². The second kappa shape index (κ2) is 4.58. The number of benzene rings is 2. The molecule has 3 rings (SSSR count). The van der Waals surface area contributed by atoms with Gasteiger partial charge in [0.05, 0.1) is 0 Å². The fraction of sp³-hybridized carbons (Fsp3) is 0.133. The van der Waals surface area contributed by atoms with E-state index >= 15 is 0 Å². The van der Waals surface area contributed by atoms with E-state index in [9.17, 15) is 0 Å².